The van der Waals surface area contributed by atoms with Crippen molar-refractivity contribution in [1.82, 2.24) is 9.80 Å². The van der Waals surface area contributed by atoms with Crippen molar-refractivity contribution in [1.29, 1.82) is 0 Å². The Morgan fingerprint density at radius 2 is 2.00 bits per heavy atom. The summed E-state index contributed by atoms with van der Waals surface area (Å²) in [6.45, 7) is 7.19. The SMILES string of the molecule is C=C/N=C(/Nc1ccc(N2CCN(C)CC2)c(F)c1)N(C)C. The first-order valence-corrected chi connectivity index (χ1v) is 7.37. The number of rotatable bonds is 3. The Morgan fingerprint density at radius 3 is 2.55 bits per heavy atom. The van der Waals surface area contributed by atoms with E-state index in [1.807, 2.05) is 31.1 Å². The van der Waals surface area contributed by atoms with Gasteiger partial charge in [-0.1, -0.05) is 6.58 Å². The summed E-state index contributed by atoms with van der Waals surface area (Å²) < 4.78 is 14.4. The molecule has 120 valence electrons. The molecule has 1 fully saturated rings. The Morgan fingerprint density at radius 1 is 1.32 bits per heavy atom. The summed E-state index contributed by atoms with van der Waals surface area (Å²) >= 11 is 0. The summed E-state index contributed by atoms with van der Waals surface area (Å²) in [5.74, 6) is 0.396. The highest BCUT2D eigenvalue weighted by atomic mass is 19.1. The van der Waals surface area contributed by atoms with E-state index in [1.54, 1.807) is 0 Å². The predicted octanol–water partition coefficient (Wildman–Crippen LogP) is 2.05. The third kappa shape index (κ3) is 3.98. The average molecular weight is 305 g/mol. The van der Waals surface area contributed by atoms with Crippen molar-refractivity contribution < 1.29 is 4.39 Å². The summed E-state index contributed by atoms with van der Waals surface area (Å²) in [5.41, 5.74) is 1.33. The number of nitrogens with one attached hydrogen (secondary N) is 1. The van der Waals surface area contributed by atoms with Gasteiger partial charge in [0.05, 0.1) is 5.69 Å². The fraction of sp³-hybridized carbons (Fsp3) is 0.438. The number of likely N-dealkylation sites (N-methyl/N-ethyl adjacent to an activating group) is 1. The number of aliphatic imine (C=N–C) groups is 1. The van der Waals surface area contributed by atoms with Crippen LogP contribution in [-0.2, 0) is 0 Å². The normalized spacial score (nSPS) is 16.5. The zero-order valence-electron chi connectivity index (χ0n) is 13.5. The molecule has 1 N–H and O–H groups in total. The highest BCUT2D eigenvalue weighted by Gasteiger charge is 2.17. The fourth-order valence-corrected chi connectivity index (χ4v) is 2.36. The number of halogens is 1. The molecule has 1 saturated heterocycles. The molecule has 5 nitrogen and oxygen atoms in total. The summed E-state index contributed by atoms with van der Waals surface area (Å²) in [6.07, 6.45) is 1.46. The quantitative estimate of drug-likeness (QED) is 0.685. The number of hydrogen-bond donors (Lipinski definition) is 1. The summed E-state index contributed by atoms with van der Waals surface area (Å²) in [6, 6.07) is 5.21. The lowest BCUT2D eigenvalue weighted by Crippen LogP contribution is -2.44. The lowest BCUT2D eigenvalue weighted by Gasteiger charge is -2.34. The van der Waals surface area contributed by atoms with E-state index in [4.69, 9.17) is 0 Å². The second kappa shape index (κ2) is 7.26. The van der Waals surface area contributed by atoms with Crippen LogP contribution >= 0.6 is 0 Å². The molecule has 0 bridgehead atoms. The molecule has 1 aromatic rings. The molecule has 6 heteroatoms. The number of hydrogen-bond acceptors (Lipinski definition) is 3. The van der Waals surface area contributed by atoms with Gasteiger partial charge < -0.3 is 20.0 Å². The van der Waals surface area contributed by atoms with Crippen LogP contribution in [0.15, 0.2) is 36.0 Å². The maximum atomic E-state index is 14.4. The number of nitrogens with zero attached hydrogens (tertiary/aromatic N) is 4. The lowest BCUT2D eigenvalue weighted by molar-refractivity contribution is 0.311. The Hall–Kier alpha value is -2.08. The van der Waals surface area contributed by atoms with Crippen LogP contribution in [0.5, 0.6) is 0 Å². The van der Waals surface area contributed by atoms with Crippen molar-refractivity contribution in [3.8, 4) is 0 Å². The molecule has 22 heavy (non-hydrogen) atoms. The van der Waals surface area contributed by atoms with E-state index < -0.39 is 0 Å². The van der Waals surface area contributed by atoms with Crippen LogP contribution in [-0.4, -0.2) is 63.1 Å². The first kappa shape index (κ1) is 16.3. The topological polar surface area (TPSA) is 34.1 Å². The Bertz CT molecular complexity index is 547. The fourth-order valence-electron chi connectivity index (χ4n) is 2.36. The minimum atomic E-state index is -0.216. The van der Waals surface area contributed by atoms with E-state index >= 15 is 0 Å². The van der Waals surface area contributed by atoms with E-state index in [-0.39, 0.29) is 5.82 Å². The minimum absolute atomic E-state index is 0.216. The van der Waals surface area contributed by atoms with Gasteiger partial charge in [-0.2, -0.15) is 0 Å². The lowest BCUT2D eigenvalue weighted by atomic mass is 10.2. The molecule has 0 unspecified atom stereocenters. The van der Waals surface area contributed by atoms with Gasteiger partial charge in [0.2, 0.25) is 5.96 Å². The largest absolute Gasteiger partial charge is 0.367 e. The smallest absolute Gasteiger partial charge is 0.202 e. The summed E-state index contributed by atoms with van der Waals surface area (Å²) in [4.78, 5) is 10.3. The zero-order valence-corrected chi connectivity index (χ0v) is 13.5. The maximum absolute atomic E-state index is 14.4. The van der Waals surface area contributed by atoms with Crippen molar-refractivity contribution in [2.75, 3.05) is 57.5 Å². The number of benzene rings is 1. The Labute approximate surface area is 131 Å². The third-order valence-electron chi connectivity index (χ3n) is 3.68. The minimum Gasteiger partial charge on any atom is -0.367 e. The molecular weight excluding hydrogens is 281 g/mol. The molecule has 0 radical (unpaired) electrons. The molecule has 0 atom stereocenters. The van der Waals surface area contributed by atoms with Crippen molar-refractivity contribution in [3.63, 3.8) is 0 Å². The average Bonchev–Trinajstić information content (AvgIpc) is 2.48. The Balaban J connectivity index is 2.12. The molecule has 2 rings (SSSR count). The van der Waals surface area contributed by atoms with Crippen LogP contribution in [0.2, 0.25) is 0 Å². The van der Waals surface area contributed by atoms with Gasteiger partial charge >= 0.3 is 0 Å². The van der Waals surface area contributed by atoms with Crippen molar-refractivity contribution in [2.45, 2.75) is 0 Å². The zero-order chi connectivity index (χ0) is 16.1. The maximum Gasteiger partial charge on any atom is 0.202 e. The van der Waals surface area contributed by atoms with E-state index in [2.05, 4.69) is 33.7 Å². The van der Waals surface area contributed by atoms with Gasteiger partial charge in [-0.3, -0.25) is 0 Å². The second-order valence-corrected chi connectivity index (χ2v) is 5.61. The van der Waals surface area contributed by atoms with E-state index in [0.717, 1.165) is 26.2 Å². The van der Waals surface area contributed by atoms with Crippen molar-refractivity contribution in [2.24, 2.45) is 4.99 Å². The predicted molar refractivity (Wildman–Crippen MR) is 91.1 cm³/mol. The highest BCUT2D eigenvalue weighted by Crippen LogP contribution is 2.24. The van der Waals surface area contributed by atoms with Gasteiger partial charge in [0.1, 0.15) is 5.82 Å². The first-order valence-electron chi connectivity index (χ1n) is 7.37. The van der Waals surface area contributed by atoms with Crippen LogP contribution in [0.4, 0.5) is 15.8 Å². The number of piperazine rings is 1. The summed E-state index contributed by atoms with van der Waals surface area (Å²) in [7, 11) is 5.82. The van der Waals surface area contributed by atoms with E-state index in [1.165, 1.54) is 12.3 Å². The Kier molecular flexibility index (Phi) is 5.38. The molecular formula is C16H24FN5. The molecule has 0 aliphatic carbocycles. The highest BCUT2D eigenvalue weighted by molar-refractivity contribution is 5.93. The number of anilines is 2. The molecule has 0 aromatic heterocycles. The molecule has 0 amide bonds. The summed E-state index contributed by atoms with van der Waals surface area (Å²) in [5, 5.41) is 3.10. The van der Waals surface area contributed by atoms with E-state index in [0.29, 0.717) is 17.3 Å². The molecule has 1 aliphatic heterocycles. The van der Waals surface area contributed by atoms with Crippen LogP contribution in [0, 0.1) is 5.82 Å². The van der Waals surface area contributed by atoms with Gasteiger partial charge in [-0.15, -0.1) is 0 Å². The molecule has 0 spiro atoms. The second-order valence-electron chi connectivity index (χ2n) is 5.61. The third-order valence-corrected chi connectivity index (χ3v) is 3.68. The molecule has 0 saturated carbocycles. The molecule has 1 heterocycles. The first-order chi connectivity index (χ1) is 10.5. The van der Waals surface area contributed by atoms with E-state index in [9.17, 15) is 4.39 Å². The molecule has 1 aromatic carbocycles. The standard InChI is InChI=1S/C16H24FN5/c1-5-18-16(20(2)3)19-13-6-7-15(14(17)12-13)22-10-8-21(4)9-11-22/h5-7,12H,1,8-11H2,2-4H3,(H,18,19). The van der Waals surface area contributed by atoms with Gasteiger partial charge in [-0.05, 0) is 25.2 Å². The van der Waals surface area contributed by atoms with Gasteiger partial charge in [0.15, 0.2) is 0 Å². The van der Waals surface area contributed by atoms with Crippen LogP contribution in [0.3, 0.4) is 0 Å². The van der Waals surface area contributed by atoms with Crippen molar-refractivity contribution in [3.05, 3.63) is 36.8 Å². The number of guanidine groups is 1. The van der Waals surface area contributed by atoms with Gasteiger partial charge in [0.25, 0.3) is 0 Å². The molecule has 1 aliphatic rings. The van der Waals surface area contributed by atoms with Gasteiger partial charge in [-0.25, -0.2) is 9.38 Å². The van der Waals surface area contributed by atoms with Crippen LogP contribution in [0.1, 0.15) is 0 Å². The van der Waals surface area contributed by atoms with Crippen LogP contribution in [0.25, 0.3) is 0 Å². The van der Waals surface area contributed by atoms with Crippen molar-refractivity contribution >= 4 is 17.3 Å². The monoisotopic (exact) mass is 305 g/mol. The van der Waals surface area contributed by atoms with Crippen LogP contribution < -0.4 is 10.2 Å². The van der Waals surface area contributed by atoms with Gasteiger partial charge in [0, 0.05) is 52.2 Å².